The molecule has 8 nitrogen and oxygen atoms in total. The summed E-state index contributed by atoms with van der Waals surface area (Å²) in [6, 6.07) is 22.8. The fourth-order valence-electron chi connectivity index (χ4n) is 7.13. The number of fused-ring (bicyclic) bond motifs is 1. The average molecular weight is 582 g/mol. The molecule has 4 aliphatic rings. The van der Waals surface area contributed by atoms with Gasteiger partial charge in [-0.3, -0.25) is 14.5 Å². The number of rotatable bonds is 8. The van der Waals surface area contributed by atoms with Gasteiger partial charge >= 0.3 is 0 Å². The average Bonchev–Trinajstić information content (AvgIpc) is 3.78. The van der Waals surface area contributed by atoms with Gasteiger partial charge in [0.05, 0.1) is 35.6 Å². The van der Waals surface area contributed by atoms with Crippen molar-refractivity contribution < 1.29 is 24.2 Å². The summed E-state index contributed by atoms with van der Waals surface area (Å²) in [6.07, 6.45) is 4.84. The molecule has 3 fully saturated rings. The fraction of sp³-hybridized carbons (Fsp3) is 0.429. The second-order valence-electron chi connectivity index (χ2n) is 12.2. The Labute approximate surface area is 252 Å². The molecule has 43 heavy (non-hydrogen) atoms. The van der Waals surface area contributed by atoms with Crippen LogP contribution in [0.4, 0.5) is 5.69 Å². The van der Waals surface area contributed by atoms with Crippen LogP contribution in [0, 0.1) is 0 Å². The number of hydrogen-bond donors (Lipinski definition) is 1. The van der Waals surface area contributed by atoms with Crippen LogP contribution in [0.25, 0.3) is 0 Å². The minimum atomic E-state index is -0.656. The lowest BCUT2D eigenvalue weighted by atomic mass is 9.99. The van der Waals surface area contributed by atoms with E-state index in [1.807, 2.05) is 42.5 Å². The van der Waals surface area contributed by atoms with Gasteiger partial charge in [0.2, 0.25) is 0 Å². The number of amides is 2. The van der Waals surface area contributed by atoms with Crippen LogP contribution in [-0.2, 0) is 16.1 Å². The van der Waals surface area contributed by atoms with Crippen molar-refractivity contribution >= 4 is 17.5 Å². The van der Waals surface area contributed by atoms with Crippen LogP contribution < -0.4 is 4.90 Å². The predicted molar refractivity (Wildman–Crippen MR) is 163 cm³/mol. The second-order valence-corrected chi connectivity index (χ2v) is 12.2. The van der Waals surface area contributed by atoms with Gasteiger partial charge in [-0.1, -0.05) is 48.5 Å². The number of carbonyl (C=O) groups excluding carboxylic acids is 2. The van der Waals surface area contributed by atoms with Gasteiger partial charge in [0, 0.05) is 31.1 Å². The third-order valence-electron chi connectivity index (χ3n) is 9.41. The molecular formula is C35H39N3O5. The Morgan fingerprint density at radius 2 is 1.51 bits per heavy atom. The van der Waals surface area contributed by atoms with Crippen molar-refractivity contribution in [2.75, 3.05) is 37.6 Å². The normalized spacial score (nSPS) is 26.4. The summed E-state index contributed by atoms with van der Waals surface area (Å²) in [5.41, 5.74) is 4.02. The topological polar surface area (TPSA) is 82.6 Å². The highest BCUT2D eigenvalue weighted by atomic mass is 16.7. The van der Waals surface area contributed by atoms with E-state index in [1.165, 1.54) is 43.7 Å². The van der Waals surface area contributed by atoms with Crippen LogP contribution in [0.1, 0.15) is 81.9 Å². The molecule has 0 radical (unpaired) electrons. The Morgan fingerprint density at radius 1 is 0.767 bits per heavy atom. The summed E-state index contributed by atoms with van der Waals surface area (Å²) in [4.78, 5) is 32.9. The highest BCUT2D eigenvalue weighted by Crippen LogP contribution is 2.40. The van der Waals surface area contributed by atoms with E-state index >= 15 is 0 Å². The number of carbonyl (C=O) groups is 2. The van der Waals surface area contributed by atoms with Crippen molar-refractivity contribution in [3.8, 4) is 0 Å². The highest BCUT2D eigenvalue weighted by molar-refractivity contribution is 6.34. The Balaban J connectivity index is 1.14. The van der Waals surface area contributed by atoms with Crippen molar-refractivity contribution in [2.24, 2.45) is 0 Å². The van der Waals surface area contributed by atoms with Gasteiger partial charge in [0.15, 0.2) is 6.29 Å². The zero-order valence-corrected chi connectivity index (χ0v) is 24.4. The fourth-order valence-corrected chi connectivity index (χ4v) is 7.13. The number of anilines is 1. The summed E-state index contributed by atoms with van der Waals surface area (Å²) >= 11 is 0. The number of aliphatic hydroxyl groups excluding tert-OH is 1. The summed E-state index contributed by atoms with van der Waals surface area (Å²) in [7, 11) is 0. The van der Waals surface area contributed by atoms with Gasteiger partial charge in [-0.15, -0.1) is 0 Å². The summed E-state index contributed by atoms with van der Waals surface area (Å²) < 4.78 is 13.3. The van der Waals surface area contributed by atoms with E-state index in [2.05, 4.69) is 9.80 Å². The van der Waals surface area contributed by atoms with E-state index in [9.17, 15) is 14.7 Å². The smallest absolute Gasteiger partial charge is 0.266 e. The molecule has 0 unspecified atom stereocenters. The lowest BCUT2D eigenvalue weighted by Crippen LogP contribution is -2.45. The van der Waals surface area contributed by atoms with Crippen molar-refractivity contribution in [1.29, 1.82) is 0 Å². The van der Waals surface area contributed by atoms with E-state index in [4.69, 9.17) is 9.47 Å². The standard InChI is InChI=1S/C35H39N3O5/c39-23-24-12-14-25(15-13-24)32-20-29(22-37-18-6-9-28(37)21-36-16-3-4-17-36)42-35(43-32)26-7-5-8-27(19-26)38-33(40)30-10-1-2-11-31(30)34(38)41/h1-2,5,7-8,10-15,19,28-29,32,35,39H,3-4,6,9,16-18,20-23H2/t28-,29-,32+,35+/m0/s1. The quantitative estimate of drug-likeness (QED) is 0.372. The van der Waals surface area contributed by atoms with E-state index < -0.39 is 6.29 Å². The van der Waals surface area contributed by atoms with E-state index in [1.54, 1.807) is 30.3 Å². The largest absolute Gasteiger partial charge is 0.392 e. The van der Waals surface area contributed by atoms with Crippen molar-refractivity contribution in [3.63, 3.8) is 0 Å². The SMILES string of the molecule is O=C1c2ccccc2C(=O)N1c1cccc([C@@H]2O[C@H](CN3CCC[C@H]3CN3CCCC3)C[C@H](c3ccc(CO)cc3)O2)c1. The van der Waals surface area contributed by atoms with Gasteiger partial charge in [0.25, 0.3) is 11.8 Å². The van der Waals surface area contributed by atoms with Gasteiger partial charge in [-0.2, -0.15) is 0 Å². The minimum absolute atomic E-state index is 0.00185. The summed E-state index contributed by atoms with van der Waals surface area (Å²) in [5, 5.41) is 9.56. The molecule has 2 amide bonds. The van der Waals surface area contributed by atoms with Gasteiger partial charge in [0.1, 0.15) is 0 Å². The molecule has 224 valence electrons. The first kappa shape index (κ1) is 28.4. The molecule has 4 aliphatic heterocycles. The molecule has 0 spiro atoms. The van der Waals surface area contributed by atoms with Crippen LogP contribution in [0.5, 0.6) is 0 Å². The zero-order valence-electron chi connectivity index (χ0n) is 24.4. The lowest BCUT2D eigenvalue weighted by Gasteiger charge is -2.39. The van der Waals surface area contributed by atoms with Gasteiger partial charge in [-0.25, -0.2) is 4.90 Å². The Morgan fingerprint density at radius 3 is 2.23 bits per heavy atom. The molecule has 0 bridgehead atoms. The molecule has 3 saturated heterocycles. The molecule has 4 heterocycles. The van der Waals surface area contributed by atoms with Crippen LogP contribution in [0.2, 0.25) is 0 Å². The first-order valence-corrected chi connectivity index (χ1v) is 15.6. The van der Waals surface area contributed by atoms with Crippen molar-refractivity contribution in [2.45, 2.75) is 63.3 Å². The van der Waals surface area contributed by atoms with Crippen LogP contribution in [0.15, 0.2) is 72.8 Å². The predicted octanol–water partition coefficient (Wildman–Crippen LogP) is 5.09. The number of ether oxygens (including phenoxy) is 2. The molecular weight excluding hydrogens is 542 g/mol. The third kappa shape index (κ3) is 5.78. The molecule has 3 aromatic carbocycles. The first-order valence-electron chi connectivity index (χ1n) is 15.6. The summed E-state index contributed by atoms with van der Waals surface area (Å²) in [6.45, 7) is 5.45. The number of benzene rings is 3. The van der Waals surface area contributed by atoms with Crippen molar-refractivity contribution in [1.82, 2.24) is 9.80 Å². The Kier molecular flexibility index (Phi) is 8.12. The monoisotopic (exact) mass is 581 g/mol. The highest BCUT2D eigenvalue weighted by Gasteiger charge is 2.39. The Hall–Kier alpha value is -3.40. The molecule has 0 aromatic heterocycles. The van der Waals surface area contributed by atoms with Crippen LogP contribution >= 0.6 is 0 Å². The number of hydrogen-bond acceptors (Lipinski definition) is 7. The molecule has 3 aromatic rings. The van der Waals surface area contributed by atoms with E-state index in [0.717, 1.165) is 42.7 Å². The maximum Gasteiger partial charge on any atom is 0.266 e. The van der Waals surface area contributed by atoms with Gasteiger partial charge in [-0.05, 0) is 80.7 Å². The van der Waals surface area contributed by atoms with Crippen molar-refractivity contribution in [3.05, 3.63) is 101 Å². The molecule has 0 saturated carbocycles. The zero-order chi connectivity index (χ0) is 29.3. The minimum Gasteiger partial charge on any atom is -0.392 e. The maximum atomic E-state index is 13.2. The molecule has 8 heteroatoms. The molecule has 4 atom stereocenters. The Bertz CT molecular complexity index is 1440. The van der Waals surface area contributed by atoms with Crippen LogP contribution in [-0.4, -0.2) is 71.6 Å². The lowest BCUT2D eigenvalue weighted by molar-refractivity contribution is -0.253. The van der Waals surface area contributed by atoms with Gasteiger partial charge < -0.3 is 19.5 Å². The second kappa shape index (κ2) is 12.3. The van der Waals surface area contributed by atoms with E-state index in [-0.39, 0.29) is 30.6 Å². The van der Waals surface area contributed by atoms with Crippen LogP contribution in [0.3, 0.4) is 0 Å². The number of nitrogens with zero attached hydrogens (tertiary/aromatic N) is 3. The molecule has 0 aliphatic carbocycles. The molecule has 7 rings (SSSR count). The number of aliphatic hydroxyl groups is 1. The maximum absolute atomic E-state index is 13.2. The number of imide groups is 1. The first-order chi connectivity index (χ1) is 21.1. The van der Waals surface area contributed by atoms with E-state index in [0.29, 0.717) is 22.9 Å². The number of likely N-dealkylation sites (tertiary alicyclic amines) is 2. The summed E-state index contributed by atoms with van der Waals surface area (Å²) in [5.74, 6) is -0.637. The third-order valence-corrected chi connectivity index (χ3v) is 9.41. The molecule has 1 N–H and O–H groups in total.